The van der Waals surface area contributed by atoms with Gasteiger partial charge in [0.2, 0.25) is 5.91 Å². The predicted octanol–water partition coefficient (Wildman–Crippen LogP) is 3.00. The van der Waals surface area contributed by atoms with Crippen LogP contribution in [0.1, 0.15) is 24.8 Å². The minimum absolute atomic E-state index is 0. The molecule has 6 heteroatoms. The molecular weight excluding hydrogens is 314 g/mol. The van der Waals surface area contributed by atoms with Crippen LogP contribution in [0.2, 0.25) is 5.02 Å². The van der Waals surface area contributed by atoms with Crippen molar-refractivity contribution in [1.82, 2.24) is 10.2 Å². The van der Waals surface area contributed by atoms with E-state index in [9.17, 15) is 9.18 Å². The summed E-state index contributed by atoms with van der Waals surface area (Å²) in [6.45, 7) is 2.68. The maximum Gasteiger partial charge on any atom is 0.230 e. The number of nitrogens with zero attached hydrogens (tertiary/aromatic N) is 1. The van der Waals surface area contributed by atoms with Gasteiger partial charge in [-0.15, -0.1) is 12.4 Å². The molecule has 1 N–H and O–H groups in total. The Balaban J connectivity index is 0.00000161. The van der Waals surface area contributed by atoms with Crippen molar-refractivity contribution in [1.29, 1.82) is 0 Å². The quantitative estimate of drug-likeness (QED) is 0.902. The second-order valence-corrected chi connectivity index (χ2v) is 6.14. The number of nitrogens with one attached hydrogen (secondary N) is 1. The Bertz CT molecular complexity index is 512. The highest BCUT2D eigenvalue weighted by Crippen LogP contribution is 2.38. The zero-order chi connectivity index (χ0) is 14.2. The van der Waals surface area contributed by atoms with Crippen LogP contribution in [0.4, 0.5) is 4.39 Å². The van der Waals surface area contributed by atoms with Crippen molar-refractivity contribution >= 4 is 29.9 Å². The largest absolute Gasteiger partial charge is 0.338 e. The molecule has 3 nitrogen and oxygen atoms in total. The third-order valence-electron chi connectivity index (χ3n) is 4.48. The number of carbonyl (C=O) groups is 1. The van der Waals surface area contributed by atoms with Gasteiger partial charge in [-0.1, -0.05) is 17.7 Å². The summed E-state index contributed by atoms with van der Waals surface area (Å²) in [4.78, 5) is 14.4. The number of piperidine rings is 1. The van der Waals surface area contributed by atoms with Gasteiger partial charge in [-0.3, -0.25) is 4.79 Å². The van der Waals surface area contributed by atoms with Gasteiger partial charge >= 0.3 is 0 Å². The number of hydrogen-bond acceptors (Lipinski definition) is 2. The number of rotatable bonds is 2. The van der Waals surface area contributed by atoms with E-state index in [1.54, 1.807) is 17.0 Å². The molecule has 1 atom stereocenters. The Labute approximate surface area is 135 Å². The van der Waals surface area contributed by atoms with Crippen LogP contribution in [0, 0.1) is 11.2 Å². The molecule has 0 aromatic heterocycles. The lowest BCUT2D eigenvalue weighted by Gasteiger charge is -2.32. The fourth-order valence-electron chi connectivity index (χ4n) is 3.28. The molecule has 1 aromatic rings. The second-order valence-electron chi connectivity index (χ2n) is 5.74. The Morgan fingerprint density at radius 3 is 2.86 bits per heavy atom. The zero-order valence-electron chi connectivity index (χ0n) is 11.7. The van der Waals surface area contributed by atoms with Crippen molar-refractivity contribution in [2.45, 2.75) is 25.8 Å². The van der Waals surface area contributed by atoms with Gasteiger partial charge < -0.3 is 10.2 Å². The summed E-state index contributed by atoms with van der Waals surface area (Å²) in [5.41, 5.74) is 0.152. The van der Waals surface area contributed by atoms with Crippen molar-refractivity contribution in [3.05, 3.63) is 34.6 Å². The summed E-state index contributed by atoms with van der Waals surface area (Å²) in [5.74, 6) is -0.197. The molecule has 2 fully saturated rings. The van der Waals surface area contributed by atoms with Crippen molar-refractivity contribution < 1.29 is 9.18 Å². The molecule has 2 heterocycles. The molecule has 1 spiro atoms. The standard InChI is InChI=1S/C15H18ClFN2O.ClH/c16-12-3-1-4-13(17)11(12)9-19-8-6-15(14(19)20)5-2-7-18-10-15;/h1,3-4,18H,2,5-10H2;1H. The third-order valence-corrected chi connectivity index (χ3v) is 4.84. The summed E-state index contributed by atoms with van der Waals surface area (Å²) in [6, 6.07) is 4.64. The lowest BCUT2D eigenvalue weighted by Crippen LogP contribution is -2.45. The molecule has 2 saturated heterocycles. The summed E-state index contributed by atoms with van der Waals surface area (Å²) < 4.78 is 13.8. The highest BCUT2D eigenvalue weighted by Gasteiger charge is 2.47. The van der Waals surface area contributed by atoms with Crippen LogP contribution < -0.4 is 5.32 Å². The highest BCUT2D eigenvalue weighted by molar-refractivity contribution is 6.31. The van der Waals surface area contributed by atoms with Gasteiger partial charge in [0.1, 0.15) is 5.82 Å². The smallest absolute Gasteiger partial charge is 0.230 e. The molecule has 0 radical (unpaired) electrons. The molecule has 2 aliphatic heterocycles. The van der Waals surface area contributed by atoms with Crippen LogP contribution in [0.15, 0.2) is 18.2 Å². The first kappa shape index (κ1) is 16.5. The third kappa shape index (κ3) is 3.03. The average Bonchev–Trinajstić information content (AvgIpc) is 2.73. The van der Waals surface area contributed by atoms with Gasteiger partial charge in [0.25, 0.3) is 0 Å². The van der Waals surface area contributed by atoms with Crippen LogP contribution in [0.5, 0.6) is 0 Å². The molecule has 1 unspecified atom stereocenters. The molecule has 116 valence electrons. The van der Waals surface area contributed by atoms with E-state index in [2.05, 4.69) is 5.32 Å². The summed E-state index contributed by atoms with van der Waals surface area (Å²) in [5, 5.41) is 3.70. The number of carbonyl (C=O) groups excluding carboxylic acids is 1. The van der Waals surface area contributed by atoms with E-state index >= 15 is 0 Å². The zero-order valence-corrected chi connectivity index (χ0v) is 13.3. The van der Waals surface area contributed by atoms with E-state index in [4.69, 9.17) is 11.6 Å². The van der Waals surface area contributed by atoms with Crippen molar-refractivity contribution in [3.63, 3.8) is 0 Å². The summed E-state index contributed by atoms with van der Waals surface area (Å²) in [7, 11) is 0. The van der Waals surface area contributed by atoms with Crippen molar-refractivity contribution in [2.24, 2.45) is 5.41 Å². The summed E-state index contributed by atoms with van der Waals surface area (Å²) >= 11 is 6.04. The summed E-state index contributed by atoms with van der Waals surface area (Å²) in [6.07, 6.45) is 2.81. The Morgan fingerprint density at radius 1 is 1.38 bits per heavy atom. The van der Waals surface area contributed by atoms with Gasteiger partial charge in [0.15, 0.2) is 0 Å². The van der Waals surface area contributed by atoms with E-state index < -0.39 is 0 Å². The van der Waals surface area contributed by atoms with Crippen LogP contribution >= 0.6 is 24.0 Å². The maximum atomic E-state index is 13.8. The molecular formula is C15H19Cl2FN2O. The fraction of sp³-hybridized carbons (Fsp3) is 0.533. The molecule has 3 rings (SSSR count). The minimum Gasteiger partial charge on any atom is -0.338 e. The highest BCUT2D eigenvalue weighted by atomic mass is 35.5. The Hall–Kier alpha value is -0.840. The number of hydrogen-bond donors (Lipinski definition) is 1. The monoisotopic (exact) mass is 332 g/mol. The van der Waals surface area contributed by atoms with E-state index in [0.29, 0.717) is 17.1 Å². The molecule has 0 bridgehead atoms. The van der Waals surface area contributed by atoms with Gasteiger partial charge in [0, 0.05) is 23.7 Å². The molecule has 1 amide bonds. The lowest BCUT2D eigenvalue weighted by atomic mass is 9.79. The van der Waals surface area contributed by atoms with Gasteiger partial charge in [-0.05, 0) is 37.9 Å². The van der Waals surface area contributed by atoms with Gasteiger partial charge in [0.05, 0.1) is 12.0 Å². The Kier molecular flexibility index (Phi) is 5.12. The lowest BCUT2D eigenvalue weighted by molar-refractivity contribution is -0.137. The maximum absolute atomic E-state index is 13.8. The van der Waals surface area contributed by atoms with E-state index in [1.165, 1.54) is 6.07 Å². The molecule has 21 heavy (non-hydrogen) atoms. The van der Waals surface area contributed by atoms with Crippen LogP contribution in [-0.2, 0) is 11.3 Å². The second kappa shape index (κ2) is 6.51. The predicted molar refractivity (Wildman–Crippen MR) is 83.2 cm³/mol. The number of benzene rings is 1. The first-order valence-corrected chi connectivity index (χ1v) is 7.43. The molecule has 1 aromatic carbocycles. The number of amides is 1. The van der Waals surface area contributed by atoms with Crippen LogP contribution in [-0.4, -0.2) is 30.4 Å². The topological polar surface area (TPSA) is 32.3 Å². The van der Waals surface area contributed by atoms with Crippen LogP contribution in [0.3, 0.4) is 0 Å². The van der Waals surface area contributed by atoms with Gasteiger partial charge in [-0.2, -0.15) is 0 Å². The van der Waals surface area contributed by atoms with E-state index in [0.717, 1.165) is 32.4 Å². The Morgan fingerprint density at radius 2 is 2.19 bits per heavy atom. The fourth-order valence-corrected chi connectivity index (χ4v) is 3.50. The van der Waals surface area contributed by atoms with Crippen LogP contribution in [0.25, 0.3) is 0 Å². The van der Waals surface area contributed by atoms with E-state index in [1.807, 2.05) is 0 Å². The first-order valence-electron chi connectivity index (χ1n) is 7.05. The molecule has 0 aliphatic carbocycles. The molecule has 0 saturated carbocycles. The average molecular weight is 333 g/mol. The minimum atomic E-state index is -0.340. The van der Waals surface area contributed by atoms with Gasteiger partial charge in [-0.25, -0.2) is 4.39 Å². The van der Waals surface area contributed by atoms with Crippen molar-refractivity contribution in [2.75, 3.05) is 19.6 Å². The van der Waals surface area contributed by atoms with Crippen molar-refractivity contribution in [3.8, 4) is 0 Å². The SMILES string of the molecule is Cl.O=C1N(Cc2c(F)cccc2Cl)CCC12CCCNC2. The molecule has 2 aliphatic rings. The van der Waals surface area contributed by atoms with E-state index in [-0.39, 0.29) is 36.1 Å². The first-order chi connectivity index (χ1) is 9.62. The normalized spacial score (nSPS) is 25.2. The number of likely N-dealkylation sites (tertiary alicyclic amines) is 1. The number of halogens is 3.